The van der Waals surface area contributed by atoms with Crippen LogP contribution in [-0.2, 0) is 5.41 Å². The molecule has 1 aromatic carbocycles. The average molecular weight is 249 g/mol. The van der Waals surface area contributed by atoms with Gasteiger partial charge >= 0.3 is 0 Å². The molecule has 1 aromatic rings. The van der Waals surface area contributed by atoms with E-state index in [1.54, 1.807) is 14.2 Å². The zero-order valence-corrected chi connectivity index (χ0v) is 12.0. The molecule has 18 heavy (non-hydrogen) atoms. The summed E-state index contributed by atoms with van der Waals surface area (Å²) in [6, 6.07) is 4.36. The minimum atomic E-state index is 0.113. The monoisotopic (exact) mass is 249 g/mol. The minimum Gasteiger partial charge on any atom is -0.496 e. The molecule has 0 saturated heterocycles. The van der Waals surface area contributed by atoms with Crippen LogP contribution in [0.5, 0.6) is 11.5 Å². The van der Waals surface area contributed by atoms with Crippen molar-refractivity contribution < 1.29 is 9.47 Å². The van der Waals surface area contributed by atoms with Gasteiger partial charge in [0.2, 0.25) is 0 Å². The largest absolute Gasteiger partial charge is 0.496 e. The molecule has 1 N–H and O–H groups in total. The average Bonchev–Trinajstić information content (AvgIpc) is 2.61. The fraction of sp³-hybridized carbons (Fsp3) is 0.600. The van der Waals surface area contributed by atoms with E-state index in [2.05, 4.69) is 26.1 Å². The molecule has 2 rings (SSSR count). The standard InChI is InChI=1S/C15H23NO2/c1-6-16-10-9-15(2,3)14-12(18-5)8-7-11(17-4)13(10)14/h7-8,10,16H,6,9H2,1-5H3. The molecule has 1 unspecified atom stereocenters. The molecule has 0 spiro atoms. The van der Waals surface area contributed by atoms with Crippen LogP contribution < -0.4 is 14.8 Å². The van der Waals surface area contributed by atoms with Crippen molar-refractivity contribution in [1.29, 1.82) is 0 Å². The zero-order valence-electron chi connectivity index (χ0n) is 12.0. The van der Waals surface area contributed by atoms with Gasteiger partial charge in [0.1, 0.15) is 11.5 Å². The molecular formula is C15H23NO2. The van der Waals surface area contributed by atoms with Crippen molar-refractivity contribution in [2.24, 2.45) is 0 Å². The first kappa shape index (κ1) is 13.2. The summed E-state index contributed by atoms with van der Waals surface area (Å²) < 4.78 is 11.1. The summed E-state index contributed by atoms with van der Waals surface area (Å²) in [5, 5.41) is 3.55. The molecule has 0 radical (unpaired) electrons. The number of benzene rings is 1. The lowest BCUT2D eigenvalue weighted by molar-refractivity contribution is 0.387. The molecule has 0 saturated carbocycles. The van der Waals surface area contributed by atoms with Crippen molar-refractivity contribution >= 4 is 0 Å². The lowest BCUT2D eigenvalue weighted by Crippen LogP contribution is -2.21. The summed E-state index contributed by atoms with van der Waals surface area (Å²) in [5.41, 5.74) is 2.67. The van der Waals surface area contributed by atoms with Gasteiger partial charge in [-0.05, 0) is 30.5 Å². The Morgan fingerprint density at radius 2 is 1.83 bits per heavy atom. The van der Waals surface area contributed by atoms with Crippen LogP contribution in [0.3, 0.4) is 0 Å². The van der Waals surface area contributed by atoms with E-state index in [1.165, 1.54) is 11.1 Å². The van der Waals surface area contributed by atoms with Crippen LogP contribution in [-0.4, -0.2) is 20.8 Å². The second kappa shape index (κ2) is 4.81. The molecule has 1 aliphatic carbocycles. The highest BCUT2D eigenvalue weighted by molar-refractivity contribution is 5.57. The van der Waals surface area contributed by atoms with Crippen molar-refractivity contribution in [3.63, 3.8) is 0 Å². The van der Waals surface area contributed by atoms with Crippen LogP contribution in [0.4, 0.5) is 0 Å². The van der Waals surface area contributed by atoms with Crippen molar-refractivity contribution in [1.82, 2.24) is 5.32 Å². The third-order valence-corrected chi connectivity index (χ3v) is 3.80. The second-order valence-electron chi connectivity index (χ2n) is 5.46. The number of nitrogens with one attached hydrogen (secondary N) is 1. The number of fused-ring (bicyclic) bond motifs is 1. The lowest BCUT2D eigenvalue weighted by atomic mass is 9.85. The second-order valence-corrected chi connectivity index (χ2v) is 5.46. The molecule has 3 nitrogen and oxygen atoms in total. The summed E-state index contributed by atoms with van der Waals surface area (Å²) in [6.07, 6.45) is 1.08. The molecule has 0 heterocycles. The van der Waals surface area contributed by atoms with E-state index in [-0.39, 0.29) is 5.41 Å². The maximum absolute atomic E-state index is 5.54. The van der Waals surface area contributed by atoms with E-state index in [0.29, 0.717) is 6.04 Å². The molecule has 3 heteroatoms. The zero-order chi connectivity index (χ0) is 13.3. The van der Waals surface area contributed by atoms with Crippen molar-refractivity contribution in [3.8, 4) is 11.5 Å². The van der Waals surface area contributed by atoms with Crippen LogP contribution >= 0.6 is 0 Å². The minimum absolute atomic E-state index is 0.113. The predicted molar refractivity (Wildman–Crippen MR) is 73.6 cm³/mol. The van der Waals surface area contributed by atoms with Crippen molar-refractivity contribution in [3.05, 3.63) is 23.3 Å². The van der Waals surface area contributed by atoms with Gasteiger partial charge in [-0.25, -0.2) is 0 Å². The molecule has 1 atom stereocenters. The Morgan fingerprint density at radius 3 is 2.39 bits per heavy atom. The van der Waals surface area contributed by atoms with Crippen LogP contribution in [0.2, 0.25) is 0 Å². The Kier molecular flexibility index (Phi) is 3.53. The Hall–Kier alpha value is -1.22. The van der Waals surface area contributed by atoms with Gasteiger partial charge in [0.15, 0.2) is 0 Å². The number of hydrogen-bond donors (Lipinski definition) is 1. The molecule has 0 aromatic heterocycles. The SMILES string of the molecule is CCNC1CC(C)(C)c2c(OC)ccc(OC)c21. The first-order valence-corrected chi connectivity index (χ1v) is 6.54. The van der Waals surface area contributed by atoms with E-state index >= 15 is 0 Å². The van der Waals surface area contributed by atoms with E-state index in [4.69, 9.17) is 9.47 Å². The maximum Gasteiger partial charge on any atom is 0.124 e. The van der Waals surface area contributed by atoms with E-state index in [9.17, 15) is 0 Å². The summed E-state index contributed by atoms with van der Waals surface area (Å²) in [7, 11) is 3.47. The summed E-state index contributed by atoms with van der Waals surface area (Å²) in [4.78, 5) is 0. The Balaban J connectivity index is 2.61. The highest BCUT2D eigenvalue weighted by Gasteiger charge is 2.41. The van der Waals surface area contributed by atoms with E-state index in [1.807, 2.05) is 12.1 Å². The molecular weight excluding hydrogens is 226 g/mol. The number of rotatable bonds is 4. The van der Waals surface area contributed by atoms with Gasteiger partial charge in [-0.3, -0.25) is 0 Å². The Morgan fingerprint density at radius 1 is 1.22 bits per heavy atom. The Bertz CT molecular complexity index is 440. The fourth-order valence-electron chi connectivity index (χ4n) is 3.11. The first-order chi connectivity index (χ1) is 8.55. The van der Waals surface area contributed by atoms with Gasteiger partial charge < -0.3 is 14.8 Å². The van der Waals surface area contributed by atoms with Crippen molar-refractivity contribution in [2.75, 3.05) is 20.8 Å². The van der Waals surface area contributed by atoms with E-state index < -0.39 is 0 Å². The lowest BCUT2D eigenvalue weighted by Gasteiger charge is -2.21. The topological polar surface area (TPSA) is 30.5 Å². The first-order valence-electron chi connectivity index (χ1n) is 6.54. The number of methoxy groups -OCH3 is 2. The highest BCUT2D eigenvalue weighted by atomic mass is 16.5. The molecule has 1 aliphatic rings. The third-order valence-electron chi connectivity index (χ3n) is 3.80. The number of ether oxygens (including phenoxy) is 2. The van der Waals surface area contributed by atoms with Gasteiger partial charge in [-0.1, -0.05) is 20.8 Å². The third kappa shape index (κ3) is 1.97. The van der Waals surface area contributed by atoms with Crippen LogP contribution in [0.1, 0.15) is 44.4 Å². The molecule has 100 valence electrons. The van der Waals surface area contributed by atoms with Crippen LogP contribution in [0, 0.1) is 0 Å². The fourth-order valence-corrected chi connectivity index (χ4v) is 3.11. The number of hydrogen-bond acceptors (Lipinski definition) is 3. The van der Waals surface area contributed by atoms with E-state index in [0.717, 1.165) is 24.5 Å². The van der Waals surface area contributed by atoms with Crippen LogP contribution in [0.15, 0.2) is 12.1 Å². The van der Waals surface area contributed by atoms with Gasteiger partial charge in [0.25, 0.3) is 0 Å². The van der Waals surface area contributed by atoms with Crippen LogP contribution in [0.25, 0.3) is 0 Å². The molecule has 0 aliphatic heterocycles. The van der Waals surface area contributed by atoms with Gasteiger partial charge in [0.05, 0.1) is 14.2 Å². The predicted octanol–water partition coefficient (Wildman–Crippen LogP) is 3.04. The van der Waals surface area contributed by atoms with Gasteiger partial charge in [-0.15, -0.1) is 0 Å². The van der Waals surface area contributed by atoms with Gasteiger partial charge in [-0.2, -0.15) is 0 Å². The highest BCUT2D eigenvalue weighted by Crippen LogP contribution is 2.52. The molecule has 0 amide bonds. The summed E-state index contributed by atoms with van der Waals surface area (Å²) in [5.74, 6) is 1.93. The van der Waals surface area contributed by atoms with Crippen molar-refractivity contribution in [2.45, 2.75) is 38.6 Å². The summed E-state index contributed by atoms with van der Waals surface area (Å²) in [6.45, 7) is 7.63. The maximum atomic E-state index is 5.54. The van der Waals surface area contributed by atoms with Gasteiger partial charge in [0, 0.05) is 17.2 Å². The summed E-state index contributed by atoms with van der Waals surface area (Å²) >= 11 is 0. The molecule has 0 fully saturated rings. The molecule has 0 bridgehead atoms. The quantitative estimate of drug-likeness (QED) is 0.889. The normalized spacial score (nSPS) is 20.6. The Labute approximate surface area is 109 Å². The smallest absolute Gasteiger partial charge is 0.124 e.